The number of nitrogens with zero attached hydrogens (tertiary/aromatic N) is 1. The van der Waals surface area contributed by atoms with E-state index in [-0.39, 0.29) is 5.04 Å². The van der Waals surface area contributed by atoms with Crippen LogP contribution < -0.4 is 0 Å². The molecule has 0 bridgehead atoms. The van der Waals surface area contributed by atoms with Gasteiger partial charge < -0.3 is 8.85 Å². The summed E-state index contributed by atoms with van der Waals surface area (Å²) in [7, 11) is 1.31. The zero-order valence-electron chi connectivity index (χ0n) is 15.4. The van der Waals surface area contributed by atoms with E-state index in [9.17, 15) is 0 Å². The molecule has 0 atom stereocenters. The Morgan fingerprint density at radius 2 is 1.67 bits per heavy atom. The van der Waals surface area contributed by atoms with E-state index in [1.165, 1.54) is 38.5 Å². The number of unbranched alkanes of at least 4 members (excludes halogenated alkanes) is 1. The predicted molar refractivity (Wildman–Crippen MR) is 92.5 cm³/mol. The van der Waals surface area contributed by atoms with Gasteiger partial charge in [-0.1, -0.05) is 53.9 Å². The molecule has 1 saturated carbocycles. The van der Waals surface area contributed by atoms with Crippen LogP contribution in [0.1, 0.15) is 73.1 Å². The first-order valence-electron chi connectivity index (χ1n) is 8.74. The molecule has 126 valence electrons. The molecule has 0 unspecified atom stereocenters. The van der Waals surface area contributed by atoms with Crippen LogP contribution in [0.2, 0.25) is 5.04 Å². The van der Waals surface area contributed by atoms with Gasteiger partial charge in [0.05, 0.1) is 0 Å². The van der Waals surface area contributed by atoms with Crippen LogP contribution in [-0.2, 0) is 8.85 Å². The molecule has 0 aromatic carbocycles. The first-order chi connectivity index (χ1) is 9.87. The Bertz CT molecular complexity index is 297. The van der Waals surface area contributed by atoms with Crippen molar-refractivity contribution in [2.24, 2.45) is 5.92 Å². The highest BCUT2D eigenvalue weighted by Gasteiger charge is 2.59. The van der Waals surface area contributed by atoms with Crippen LogP contribution >= 0.6 is 0 Å². The molecule has 0 amide bonds. The maximum atomic E-state index is 6.23. The number of hydrogen-bond acceptors (Lipinski definition) is 3. The molecule has 1 aliphatic rings. The molecule has 1 fully saturated rings. The second kappa shape index (κ2) is 8.09. The molecular formula is C17H37NO2Si. The fourth-order valence-corrected chi connectivity index (χ4v) is 8.04. The molecule has 21 heavy (non-hydrogen) atoms. The topological polar surface area (TPSA) is 21.7 Å². The lowest BCUT2D eigenvalue weighted by Gasteiger charge is -2.51. The summed E-state index contributed by atoms with van der Waals surface area (Å²) < 4.78 is 15.1. The van der Waals surface area contributed by atoms with Crippen molar-refractivity contribution in [1.82, 2.24) is 4.57 Å². The second-order valence-corrected chi connectivity index (χ2v) is 11.2. The predicted octanol–water partition coefficient (Wildman–Crippen LogP) is 4.70. The van der Waals surface area contributed by atoms with Crippen LogP contribution in [0.3, 0.4) is 0 Å². The molecule has 0 saturated heterocycles. The van der Waals surface area contributed by atoms with Gasteiger partial charge in [-0.2, -0.15) is 0 Å². The minimum absolute atomic E-state index is 0.0623. The van der Waals surface area contributed by atoms with Crippen molar-refractivity contribution in [3.63, 3.8) is 0 Å². The van der Waals surface area contributed by atoms with Gasteiger partial charge in [-0.15, -0.1) is 0 Å². The van der Waals surface area contributed by atoms with E-state index in [0.29, 0.717) is 12.0 Å². The van der Waals surface area contributed by atoms with E-state index < -0.39 is 8.72 Å². The summed E-state index contributed by atoms with van der Waals surface area (Å²) in [5.41, 5.74) is 0. The molecule has 0 spiro atoms. The van der Waals surface area contributed by atoms with E-state index >= 15 is 0 Å². The molecule has 0 aromatic rings. The summed E-state index contributed by atoms with van der Waals surface area (Å²) in [5, 5.41) is 0.0623. The van der Waals surface area contributed by atoms with Crippen molar-refractivity contribution in [3.8, 4) is 0 Å². The Hall–Kier alpha value is 0.0969. The third-order valence-electron chi connectivity index (χ3n) is 5.71. The van der Waals surface area contributed by atoms with Crippen LogP contribution in [0.15, 0.2) is 0 Å². The summed E-state index contributed by atoms with van der Waals surface area (Å²) in [4.78, 5) is 0. The summed E-state index contributed by atoms with van der Waals surface area (Å²) in [6.07, 6.45) is 7.77. The smallest absolute Gasteiger partial charge is 0.386 e. The fourth-order valence-electron chi connectivity index (χ4n) is 3.69. The molecule has 1 rings (SSSR count). The van der Waals surface area contributed by atoms with Gasteiger partial charge in [-0.25, -0.2) is 0 Å². The van der Waals surface area contributed by atoms with Gasteiger partial charge in [0.1, 0.15) is 0 Å². The quantitative estimate of drug-likeness (QED) is 0.576. The Kier molecular flexibility index (Phi) is 7.38. The minimum Gasteiger partial charge on any atom is -0.386 e. The van der Waals surface area contributed by atoms with E-state index in [2.05, 4.69) is 39.2 Å². The van der Waals surface area contributed by atoms with E-state index in [1.807, 2.05) is 14.2 Å². The van der Waals surface area contributed by atoms with Crippen molar-refractivity contribution in [1.29, 1.82) is 0 Å². The molecule has 0 N–H and O–H groups in total. The molecule has 3 nitrogen and oxygen atoms in total. The highest BCUT2D eigenvalue weighted by atomic mass is 28.4. The lowest BCUT2D eigenvalue weighted by atomic mass is 9.99. The molecular weight excluding hydrogens is 278 g/mol. The normalized spacial score (nSPS) is 18.1. The second-order valence-electron chi connectivity index (χ2n) is 7.35. The van der Waals surface area contributed by atoms with E-state index in [1.54, 1.807) is 0 Å². The monoisotopic (exact) mass is 315 g/mol. The molecule has 4 heteroatoms. The van der Waals surface area contributed by atoms with Gasteiger partial charge in [0.2, 0.25) is 0 Å². The van der Waals surface area contributed by atoms with Gasteiger partial charge in [0, 0.05) is 25.3 Å². The van der Waals surface area contributed by atoms with E-state index in [4.69, 9.17) is 8.85 Å². The number of hydrogen-bond donors (Lipinski definition) is 0. The van der Waals surface area contributed by atoms with Crippen molar-refractivity contribution in [2.45, 2.75) is 84.2 Å². The van der Waals surface area contributed by atoms with Crippen molar-refractivity contribution in [3.05, 3.63) is 0 Å². The maximum absolute atomic E-state index is 6.23. The fraction of sp³-hybridized carbons (Fsp3) is 1.00. The van der Waals surface area contributed by atoms with Gasteiger partial charge >= 0.3 is 8.72 Å². The first-order valence-corrected chi connectivity index (χ1v) is 10.5. The van der Waals surface area contributed by atoms with Crippen LogP contribution in [0, 0.1) is 5.92 Å². The van der Waals surface area contributed by atoms with Crippen molar-refractivity contribution in [2.75, 3.05) is 20.8 Å². The zero-order chi connectivity index (χ0) is 16.1. The van der Waals surface area contributed by atoms with Crippen molar-refractivity contribution < 1.29 is 8.85 Å². The average Bonchev–Trinajstić information content (AvgIpc) is 2.97. The van der Waals surface area contributed by atoms with Crippen LogP contribution in [0.25, 0.3) is 0 Å². The lowest BCUT2D eigenvalue weighted by molar-refractivity contribution is 0.0988. The lowest BCUT2D eigenvalue weighted by Crippen LogP contribution is -2.67. The third kappa shape index (κ3) is 3.71. The standard InChI is InChI=1S/C17H37NO2Si/c1-8-9-14-18(16-12-10-11-13-16)21(19-6,20-7)17(4,5)15(2)3/h15-16H,8-14H2,1-7H3. The van der Waals surface area contributed by atoms with E-state index in [0.717, 1.165) is 6.54 Å². The summed E-state index contributed by atoms with van der Waals surface area (Å²) in [5.74, 6) is 0.537. The largest absolute Gasteiger partial charge is 0.433 e. The minimum atomic E-state index is -2.43. The van der Waals surface area contributed by atoms with Crippen LogP contribution in [-0.4, -0.2) is 40.1 Å². The molecule has 0 aromatic heterocycles. The van der Waals surface area contributed by atoms with Crippen molar-refractivity contribution >= 4 is 8.72 Å². The van der Waals surface area contributed by atoms with Gasteiger partial charge in [0.15, 0.2) is 0 Å². The van der Waals surface area contributed by atoms with Gasteiger partial charge in [-0.3, -0.25) is 4.57 Å². The average molecular weight is 316 g/mol. The van der Waals surface area contributed by atoms with Gasteiger partial charge in [-0.05, 0) is 31.7 Å². The van der Waals surface area contributed by atoms with Crippen LogP contribution in [0.5, 0.6) is 0 Å². The summed E-state index contributed by atoms with van der Waals surface area (Å²) in [6, 6.07) is 0.654. The first kappa shape index (κ1) is 19.1. The van der Waals surface area contributed by atoms with Gasteiger partial charge in [0.25, 0.3) is 0 Å². The number of rotatable bonds is 9. The highest BCUT2D eigenvalue weighted by Crippen LogP contribution is 2.48. The summed E-state index contributed by atoms with van der Waals surface area (Å²) >= 11 is 0. The summed E-state index contributed by atoms with van der Waals surface area (Å²) in [6.45, 7) is 12.7. The molecule has 1 aliphatic carbocycles. The molecule has 0 aliphatic heterocycles. The van der Waals surface area contributed by atoms with Crippen LogP contribution in [0.4, 0.5) is 0 Å². The zero-order valence-corrected chi connectivity index (χ0v) is 16.4. The molecule has 0 radical (unpaired) electrons. The Morgan fingerprint density at radius 1 is 1.14 bits per heavy atom. The maximum Gasteiger partial charge on any atom is 0.433 e. The highest BCUT2D eigenvalue weighted by molar-refractivity contribution is 6.67. The Labute approximate surface area is 133 Å². The SMILES string of the molecule is CCCCN(C1CCCC1)[Si](OC)(OC)C(C)(C)C(C)C. The molecule has 0 heterocycles. The third-order valence-corrected chi connectivity index (χ3v) is 10.4. The Balaban J connectivity index is 3.16. The Morgan fingerprint density at radius 3 is 2.05 bits per heavy atom.